The van der Waals surface area contributed by atoms with E-state index in [9.17, 15) is 19.5 Å². The van der Waals surface area contributed by atoms with Gasteiger partial charge in [-0.3, -0.25) is 14.5 Å². The van der Waals surface area contributed by atoms with Crippen molar-refractivity contribution in [2.45, 2.75) is 19.9 Å². The van der Waals surface area contributed by atoms with E-state index in [1.54, 1.807) is 56.3 Å². The molecule has 1 atom stereocenters. The van der Waals surface area contributed by atoms with Crippen LogP contribution in [0.15, 0.2) is 65.1 Å². The van der Waals surface area contributed by atoms with Gasteiger partial charge in [0.25, 0.3) is 5.78 Å². The Balaban J connectivity index is 1.86. The van der Waals surface area contributed by atoms with E-state index >= 15 is 0 Å². The normalized spacial score (nSPS) is 17.4. The maximum atomic E-state index is 13.1. The molecule has 1 N–H and O–H groups in total. The Morgan fingerprint density at radius 1 is 1.24 bits per heavy atom. The average Bonchev–Trinajstić information content (AvgIpc) is 3.48. The summed E-state index contributed by atoms with van der Waals surface area (Å²) < 4.78 is 10.8. The molecule has 1 aliphatic rings. The molecule has 1 amide bonds. The number of benzene rings is 1. The lowest BCUT2D eigenvalue weighted by atomic mass is 9.99. The second kappa shape index (κ2) is 8.87. The van der Waals surface area contributed by atoms with Gasteiger partial charge in [0.15, 0.2) is 5.13 Å². The smallest absolute Gasteiger partial charge is 0.350 e. The molecule has 0 saturated carbocycles. The van der Waals surface area contributed by atoms with E-state index in [0.29, 0.717) is 17.0 Å². The van der Waals surface area contributed by atoms with E-state index in [2.05, 4.69) is 11.6 Å². The van der Waals surface area contributed by atoms with Crippen molar-refractivity contribution in [1.82, 2.24) is 4.98 Å². The Kier molecular flexibility index (Phi) is 5.97. The zero-order valence-electron chi connectivity index (χ0n) is 17.9. The SMILES string of the molecule is C=CCOC(=O)c1sc(N2C(=O)C(=O)/C(=C(\O)c3ccccc3)C2c2ccc(C)o2)nc1C. The Morgan fingerprint density at radius 2 is 1.97 bits per heavy atom. The number of ether oxygens (including phenoxy) is 1. The van der Waals surface area contributed by atoms with Crippen molar-refractivity contribution >= 4 is 39.9 Å². The number of esters is 1. The van der Waals surface area contributed by atoms with Crippen molar-refractivity contribution in [2.24, 2.45) is 0 Å². The Labute approximate surface area is 193 Å². The van der Waals surface area contributed by atoms with E-state index < -0.39 is 23.7 Å². The Hall–Kier alpha value is -3.98. The Morgan fingerprint density at radius 3 is 2.61 bits per heavy atom. The standard InChI is InChI=1S/C24H20N2O6S/c1-4-12-31-23(30)21-14(3)25-24(33-21)26-18(16-11-10-13(2)32-16)17(20(28)22(26)29)19(27)15-8-6-5-7-9-15/h4-11,18,27H,1,12H2,2-3H3/b19-17-. The topological polar surface area (TPSA) is 110 Å². The highest BCUT2D eigenvalue weighted by molar-refractivity contribution is 7.17. The highest BCUT2D eigenvalue weighted by atomic mass is 32.1. The minimum absolute atomic E-state index is 0.0266. The molecule has 1 unspecified atom stereocenters. The van der Waals surface area contributed by atoms with E-state index in [1.807, 2.05) is 0 Å². The number of aryl methyl sites for hydroxylation is 2. The molecular formula is C24H20N2O6S. The van der Waals surface area contributed by atoms with Gasteiger partial charge >= 0.3 is 11.9 Å². The molecule has 33 heavy (non-hydrogen) atoms. The number of carbonyl (C=O) groups excluding carboxylic acids is 3. The molecule has 0 aliphatic carbocycles. The highest BCUT2D eigenvalue weighted by Gasteiger charge is 2.49. The predicted molar refractivity (Wildman–Crippen MR) is 122 cm³/mol. The number of thiazole rings is 1. The fraction of sp³-hybridized carbons (Fsp3) is 0.167. The monoisotopic (exact) mass is 464 g/mol. The first-order valence-electron chi connectivity index (χ1n) is 10.0. The number of anilines is 1. The van der Waals surface area contributed by atoms with Crippen LogP contribution in [0.25, 0.3) is 5.76 Å². The van der Waals surface area contributed by atoms with Gasteiger partial charge in [-0.25, -0.2) is 9.78 Å². The third-order valence-electron chi connectivity index (χ3n) is 5.03. The number of carbonyl (C=O) groups is 3. The van der Waals surface area contributed by atoms with Crippen molar-refractivity contribution in [1.29, 1.82) is 0 Å². The molecule has 9 heteroatoms. The van der Waals surface area contributed by atoms with Crippen LogP contribution in [0.1, 0.15) is 38.5 Å². The number of hydrogen-bond donors (Lipinski definition) is 1. The summed E-state index contributed by atoms with van der Waals surface area (Å²) in [7, 11) is 0. The quantitative estimate of drug-likeness (QED) is 0.190. The van der Waals surface area contributed by atoms with Gasteiger partial charge in [-0.1, -0.05) is 54.3 Å². The summed E-state index contributed by atoms with van der Waals surface area (Å²) in [6.45, 7) is 6.88. The number of Topliss-reactive ketones (excluding diaryl/α,β-unsaturated/α-hetero) is 1. The summed E-state index contributed by atoms with van der Waals surface area (Å²) in [6, 6.07) is 10.7. The molecule has 2 aromatic heterocycles. The molecule has 0 bridgehead atoms. The van der Waals surface area contributed by atoms with Gasteiger partial charge in [-0.05, 0) is 26.0 Å². The van der Waals surface area contributed by atoms with Crippen LogP contribution in [0, 0.1) is 13.8 Å². The van der Waals surface area contributed by atoms with Crippen molar-refractivity contribution in [3.05, 3.63) is 88.3 Å². The summed E-state index contributed by atoms with van der Waals surface area (Å²) in [5.41, 5.74) is 0.611. The number of rotatable bonds is 6. The summed E-state index contributed by atoms with van der Waals surface area (Å²) in [5, 5.41) is 11.1. The van der Waals surface area contributed by atoms with Gasteiger partial charge in [0.2, 0.25) is 0 Å². The number of furan rings is 1. The zero-order chi connectivity index (χ0) is 23.7. The maximum Gasteiger partial charge on any atom is 0.350 e. The molecule has 3 aromatic rings. The highest BCUT2D eigenvalue weighted by Crippen LogP contribution is 2.44. The third-order valence-corrected chi connectivity index (χ3v) is 6.17. The van der Waals surface area contributed by atoms with Gasteiger partial charge in [0.1, 0.15) is 34.8 Å². The molecule has 1 saturated heterocycles. The first-order chi connectivity index (χ1) is 15.8. The van der Waals surface area contributed by atoms with Crippen LogP contribution < -0.4 is 4.90 Å². The fourth-order valence-electron chi connectivity index (χ4n) is 3.53. The predicted octanol–water partition coefficient (Wildman–Crippen LogP) is 4.32. The van der Waals surface area contributed by atoms with Gasteiger partial charge < -0.3 is 14.3 Å². The first kappa shape index (κ1) is 22.2. The molecule has 0 radical (unpaired) electrons. The van der Waals surface area contributed by atoms with Crippen molar-refractivity contribution < 1.29 is 28.6 Å². The third kappa shape index (κ3) is 3.98. The first-order valence-corrected chi connectivity index (χ1v) is 10.8. The molecule has 168 valence electrons. The van der Waals surface area contributed by atoms with Crippen molar-refractivity contribution in [2.75, 3.05) is 11.5 Å². The molecule has 1 fully saturated rings. The lowest BCUT2D eigenvalue weighted by molar-refractivity contribution is -0.132. The Bertz CT molecular complexity index is 1290. The van der Waals surface area contributed by atoms with Crippen LogP contribution in [0.4, 0.5) is 5.13 Å². The minimum atomic E-state index is -1.05. The van der Waals surface area contributed by atoms with Crippen LogP contribution >= 0.6 is 11.3 Å². The molecule has 0 spiro atoms. The minimum Gasteiger partial charge on any atom is -0.507 e. The largest absolute Gasteiger partial charge is 0.507 e. The number of aliphatic hydroxyl groups excluding tert-OH is 1. The second-order valence-electron chi connectivity index (χ2n) is 7.28. The van der Waals surface area contributed by atoms with Gasteiger partial charge in [-0.2, -0.15) is 0 Å². The van der Waals surface area contributed by atoms with Crippen LogP contribution in [0.5, 0.6) is 0 Å². The van der Waals surface area contributed by atoms with E-state index in [4.69, 9.17) is 9.15 Å². The summed E-state index contributed by atoms with van der Waals surface area (Å²) in [5.74, 6) is -1.84. The number of amides is 1. The molecule has 1 aliphatic heterocycles. The average molecular weight is 464 g/mol. The zero-order valence-corrected chi connectivity index (χ0v) is 18.7. The number of hydrogen-bond acceptors (Lipinski definition) is 8. The van der Waals surface area contributed by atoms with Crippen molar-refractivity contribution in [3.63, 3.8) is 0 Å². The van der Waals surface area contributed by atoms with Crippen LogP contribution in [0.3, 0.4) is 0 Å². The second-order valence-corrected chi connectivity index (χ2v) is 8.26. The number of aliphatic hydroxyl groups is 1. The van der Waals surface area contributed by atoms with Crippen LogP contribution in [0.2, 0.25) is 0 Å². The number of aromatic nitrogens is 1. The maximum absolute atomic E-state index is 13.1. The molecule has 1 aromatic carbocycles. The number of nitrogens with zero attached hydrogens (tertiary/aromatic N) is 2. The van der Waals surface area contributed by atoms with Gasteiger partial charge in [-0.15, -0.1) is 0 Å². The van der Waals surface area contributed by atoms with Crippen LogP contribution in [-0.4, -0.2) is 34.4 Å². The van der Waals surface area contributed by atoms with Gasteiger partial charge in [0, 0.05) is 5.56 Å². The summed E-state index contributed by atoms with van der Waals surface area (Å²) in [6.07, 6.45) is 1.44. The molecule has 8 nitrogen and oxygen atoms in total. The van der Waals surface area contributed by atoms with Crippen molar-refractivity contribution in [3.8, 4) is 0 Å². The fourth-order valence-corrected chi connectivity index (χ4v) is 4.51. The van der Waals surface area contributed by atoms with E-state index in [-0.39, 0.29) is 33.7 Å². The molecule has 3 heterocycles. The van der Waals surface area contributed by atoms with E-state index in [0.717, 1.165) is 16.2 Å². The summed E-state index contributed by atoms with van der Waals surface area (Å²) >= 11 is 0.923. The molecule has 4 rings (SSSR count). The number of ketones is 1. The lowest BCUT2D eigenvalue weighted by Gasteiger charge is -2.20. The van der Waals surface area contributed by atoms with Gasteiger partial charge in [0.05, 0.1) is 11.3 Å². The molecular weight excluding hydrogens is 444 g/mol. The van der Waals surface area contributed by atoms with E-state index in [1.165, 1.54) is 6.08 Å². The summed E-state index contributed by atoms with van der Waals surface area (Å²) in [4.78, 5) is 44.3. The van der Waals surface area contributed by atoms with Crippen LogP contribution in [-0.2, 0) is 14.3 Å². The lowest BCUT2D eigenvalue weighted by Crippen LogP contribution is -2.29.